The van der Waals surface area contributed by atoms with Crippen molar-refractivity contribution in [3.8, 4) is 0 Å². The molecule has 1 aromatic rings. The number of nitrogens with one attached hydrogen (secondary N) is 1. The third kappa shape index (κ3) is 2.75. The van der Waals surface area contributed by atoms with Gasteiger partial charge in [0.2, 0.25) is 0 Å². The van der Waals surface area contributed by atoms with Gasteiger partial charge in [0, 0.05) is 19.6 Å². The maximum atomic E-state index is 6.36. The molecule has 2 nitrogen and oxygen atoms in total. The predicted molar refractivity (Wildman–Crippen MR) is 74.9 cm³/mol. The minimum absolute atomic E-state index is 0.676. The van der Waals surface area contributed by atoms with Gasteiger partial charge in [0.1, 0.15) is 0 Å². The molecule has 1 aromatic carbocycles. The van der Waals surface area contributed by atoms with Crippen LogP contribution in [0.25, 0.3) is 0 Å². The van der Waals surface area contributed by atoms with Crippen LogP contribution in [0, 0.1) is 0 Å². The molecule has 3 heteroatoms. The van der Waals surface area contributed by atoms with E-state index in [1.54, 1.807) is 0 Å². The minimum Gasteiger partial charge on any atom is -0.370 e. The lowest BCUT2D eigenvalue weighted by Gasteiger charge is -2.38. The molecule has 1 fully saturated rings. The number of benzene rings is 1. The first-order valence-electron chi connectivity index (χ1n) is 6.45. The molecule has 0 amide bonds. The lowest BCUT2D eigenvalue weighted by atomic mass is 9.91. The Morgan fingerprint density at radius 2 is 2.18 bits per heavy atom. The van der Waals surface area contributed by atoms with E-state index < -0.39 is 0 Å². The van der Waals surface area contributed by atoms with E-state index in [-0.39, 0.29) is 0 Å². The van der Waals surface area contributed by atoms with Crippen molar-refractivity contribution in [1.82, 2.24) is 5.32 Å². The zero-order valence-electron chi connectivity index (χ0n) is 10.7. The second kappa shape index (κ2) is 5.74. The predicted octanol–water partition coefficient (Wildman–Crippen LogP) is 3.44. The maximum Gasteiger partial charge on any atom is 0.0642 e. The Kier molecular flexibility index (Phi) is 4.30. The molecule has 0 radical (unpaired) electrons. The molecule has 0 heterocycles. The molecule has 1 saturated carbocycles. The van der Waals surface area contributed by atoms with Crippen LogP contribution in [0.3, 0.4) is 0 Å². The van der Waals surface area contributed by atoms with Crippen LogP contribution >= 0.6 is 11.6 Å². The number of nitrogens with zero attached hydrogens (tertiary/aromatic N) is 1. The highest BCUT2D eigenvalue weighted by atomic mass is 35.5. The van der Waals surface area contributed by atoms with Crippen LogP contribution in [-0.2, 0) is 6.54 Å². The number of halogens is 1. The Balaban J connectivity index is 2.22. The van der Waals surface area contributed by atoms with Crippen molar-refractivity contribution in [3.05, 3.63) is 28.8 Å². The maximum absolute atomic E-state index is 6.36. The smallest absolute Gasteiger partial charge is 0.0642 e. The van der Waals surface area contributed by atoms with Crippen LogP contribution in [0.2, 0.25) is 5.02 Å². The number of rotatable bonds is 5. The zero-order chi connectivity index (χ0) is 12.3. The number of anilines is 1. The summed E-state index contributed by atoms with van der Waals surface area (Å²) in [6.07, 6.45) is 3.94. The number of para-hydroxylation sites is 1. The molecule has 0 atom stereocenters. The summed E-state index contributed by atoms with van der Waals surface area (Å²) in [5, 5.41) is 4.25. The number of hydrogen-bond acceptors (Lipinski definition) is 2. The van der Waals surface area contributed by atoms with Gasteiger partial charge in [-0.25, -0.2) is 0 Å². The summed E-state index contributed by atoms with van der Waals surface area (Å²) in [4.78, 5) is 2.36. The van der Waals surface area contributed by atoms with Crippen molar-refractivity contribution in [2.45, 2.75) is 38.8 Å². The molecule has 0 unspecified atom stereocenters. The Morgan fingerprint density at radius 1 is 1.41 bits per heavy atom. The van der Waals surface area contributed by atoms with Crippen LogP contribution < -0.4 is 10.2 Å². The topological polar surface area (TPSA) is 15.3 Å². The van der Waals surface area contributed by atoms with Crippen molar-refractivity contribution in [2.75, 3.05) is 18.5 Å². The first-order valence-corrected chi connectivity index (χ1v) is 6.82. The van der Waals surface area contributed by atoms with Gasteiger partial charge in [-0.15, -0.1) is 0 Å². The molecule has 17 heavy (non-hydrogen) atoms. The Hall–Kier alpha value is -0.730. The summed E-state index contributed by atoms with van der Waals surface area (Å²) in [6, 6.07) is 6.86. The van der Waals surface area contributed by atoms with Crippen molar-refractivity contribution in [2.24, 2.45) is 0 Å². The molecule has 0 bridgehead atoms. The molecular formula is C14H21ClN2. The van der Waals surface area contributed by atoms with Gasteiger partial charge in [-0.05, 0) is 37.4 Å². The van der Waals surface area contributed by atoms with E-state index in [2.05, 4.69) is 30.3 Å². The minimum atomic E-state index is 0.676. The highest BCUT2D eigenvalue weighted by Crippen LogP contribution is 2.35. The SMILES string of the molecule is CCNCc1cccc(Cl)c1N(C)C1CCC1. The molecule has 1 aliphatic carbocycles. The van der Waals surface area contributed by atoms with Crippen LogP contribution in [-0.4, -0.2) is 19.6 Å². The van der Waals surface area contributed by atoms with Crippen LogP contribution in [0.5, 0.6) is 0 Å². The lowest BCUT2D eigenvalue weighted by molar-refractivity contribution is 0.400. The third-order valence-corrected chi connectivity index (χ3v) is 3.92. The largest absolute Gasteiger partial charge is 0.370 e. The van der Waals surface area contributed by atoms with E-state index in [0.717, 1.165) is 18.1 Å². The first kappa shape index (κ1) is 12.7. The van der Waals surface area contributed by atoms with Gasteiger partial charge in [-0.2, -0.15) is 0 Å². The van der Waals surface area contributed by atoms with E-state index in [4.69, 9.17) is 11.6 Å². The fraction of sp³-hybridized carbons (Fsp3) is 0.571. The fourth-order valence-corrected chi connectivity index (χ4v) is 2.64. The van der Waals surface area contributed by atoms with Gasteiger partial charge in [0.15, 0.2) is 0 Å². The summed E-state index contributed by atoms with van der Waals surface area (Å²) in [6.45, 7) is 4.00. The summed E-state index contributed by atoms with van der Waals surface area (Å²) < 4.78 is 0. The van der Waals surface area contributed by atoms with Crippen molar-refractivity contribution in [1.29, 1.82) is 0 Å². The number of hydrogen-bond donors (Lipinski definition) is 1. The average molecular weight is 253 g/mol. The normalized spacial score (nSPS) is 15.7. The average Bonchev–Trinajstić information content (AvgIpc) is 2.23. The summed E-state index contributed by atoms with van der Waals surface area (Å²) >= 11 is 6.36. The van der Waals surface area contributed by atoms with Gasteiger partial charge in [-0.1, -0.05) is 30.7 Å². The van der Waals surface area contributed by atoms with Crippen molar-refractivity contribution < 1.29 is 0 Å². The Bertz CT molecular complexity index is 374. The van der Waals surface area contributed by atoms with Crippen LogP contribution in [0.15, 0.2) is 18.2 Å². The Morgan fingerprint density at radius 3 is 2.76 bits per heavy atom. The van der Waals surface area contributed by atoms with E-state index in [0.29, 0.717) is 6.04 Å². The van der Waals surface area contributed by atoms with E-state index in [1.165, 1.54) is 30.5 Å². The molecule has 0 saturated heterocycles. The summed E-state index contributed by atoms with van der Waals surface area (Å²) in [5.74, 6) is 0. The molecule has 0 aliphatic heterocycles. The van der Waals surface area contributed by atoms with Gasteiger partial charge >= 0.3 is 0 Å². The Labute approximate surface area is 109 Å². The monoisotopic (exact) mass is 252 g/mol. The van der Waals surface area contributed by atoms with E-state index >= 15 is 0 Å². The van der Waals surface area contributed by atoms with Gasteiger partial charge < -0.3 is 10.2 Å². The lowest BCUT2D eigenvalue weighted by Crippen LogP contribution is -2.38. The van der Waals surface area contributed by atoms with E-state index in [1.807, 2.05) is 12.1 Å². The third-order valence-electron chi connectivity index (χ3n) is 3.61. The summed E-state index contributed by atoms with van der Waals surface area (Å²) in [7, 11) is 2.17. The van der Waals surface area contributed by atoms with E-state index in [9.17, 15) is 0 Å². The molecular weight excluding hydrogens is 232 g/mol. The second-order valence-corrected chi connectivity index (χ2v) is 5.13. The molecule has 1 aliphatic rings. The second-order valence-electron chi connectivity index (χ2n) is 4.72. The van der Waals surface area contributed by atoms with Gasteiger partial charge in [0.25, 0.3) is 0 Å². The molecule has 0 spiro atoms. The molecule has 2 rings (SSSR count). The van der Waals surface area contributed by atoms with Crippen molar-refractivity contribution in [3.63, 3.8) is 0 Å². The highest BCUT2D eigenvalue weighted by Gasteiger charge is 2.24. The highest BCUT2D eigenvalue weighted by molar-refractivity contribution is 6.33. The van der Waals surface area contributed by atoms with Gasteiger partial charge in [0.05, 0.1) is 10.7 Å². The summed E-state index contributed by atoms with van der Waals surface area (Å²) in [5.41, 5.74) is 2.51. The molecule has 0 aromatic heterocycles. The first-order chi connectivity index (χ1) is 8.24. The quantitative estimate of drug-likeness (QED) is 0.864. The van der Waals surface area contributed by atoms with Crippen LogP contribution in [0.4, 0.5) is 5.69 Å². The zero-order valence-corrected chi connectivity index (χ0v) is 11.4. The standard InChI is InChI=1S/C14H21ClN2/c1-3-16-10-11-6-4-9-13(15)14(11)17(2)12-7-5-8-12/h4,6,9,12,16H,3,5,7-8,10H2,1-2H3. The van der Waals surface area contributed by atoms with Gasteiger partial charge in [-0.3, -0.25) is 0 Å². The van der Waals surface area contributed by atoms with Crippen molar-refractivity contribution >= 4 is 17.3 Å². The fourth-order valence-electron chi connectivity index (χ4n) is 2.31. The molecule has 94 valence electrons. The molecule has 1 N–H and O–H groups in total. The van der Waals surface area contributed by atoms with Crippen LogP contribution in [0.1, 0.15) is 31.7 Å².